The third-order valence-electron chi connectivity index (χ3n) is 5.84. The van der Waals surface area contributed by atoms with Crippen LogP contribution >= 0.6 is 11.6 Å². The van der Waals surface area contributed by atoms with E-state index in [1.165, 1.54) is 6.20 Å². The van der Waals surface area contributed by atoms with Crippen LogP contribution in [0.3, 0.4) is 0 Å². The highest BCUT2D eigenvalue weighted by Gasteiger charge is 2.23. The van der Waals surface area contributed by atoms with E-state index < -0.39 is 5.91 Å². The van der Waals surface area contributed by atoms with Crippen LogP contribution in [-0.4, -0.2) is 40.8 Å². The topological polar surface area (TPSA) is 87.5 Å². The fourth-order valence-electron chi connectivity index (χ4n) is 3.97. The zero-order valence-electron chi connectivity index (χ0n) is 18.7. The largest absolute Gasteiger partial charge is 0.449 e. The lowest BCUT2D eigenvalue weighted by Gasteiger charge is -2.33. The van der Waals surface area contributed by atoms with Crippen molar-refractivity contribution in [3.05, 3.63) is 65.5 Å². The number of pyridine rings is 1. The standard InChI is InChI=1S/C25H27ClN4O3/c1-16(2)30-13-11-17(12-14-30)7-10-22(31)29-23-19-5-3-4-6-20(19)33-24(23)25(32)28-21-9-8-18(26)15-27-21/h3-10,15-17H,11-14H2,1-2H3,(H,29,31)(H,27,28,32)/b10-7+. The van der Waals surface area contributed by atoms with Crippen LogP contribution in [0.5, 0.6) is 0 Å². The molecule has 2 amide bonds. The number of hydrogen-bond donors (Lipinski definition) is 2. The second-order valence-corrected chi connectivity index (χ2v) is 8.87. The fourth-order valence-corrected chi connectivity index (χ4v) is 4.08. The van der Waals surface area contributed by atoms with E-state index in [-0.39, 0.29) is 11.7 Å². The lowest BCUT2D eigenvalue weighted by Crippen LogP contribution is -2.38. The Hall–Kier alpha value is -3.16. The van der Waals surface area contributed by atoms with Gasteiger partial charge < -0.3 is 20.0 Å². The Morgan fingerprint density at radius 1 is 1.15 bits per heavy atom. The summed E-state index contributed by atoms with van der Waals surface area (Å²) in [7, 11) is 0. The van der Waals surface area contributed by atoms with Crippen molar-refractivity contribution in [2.75, 3.05) is 23.7 Å². The Kier molecular flexibility index (Phi) is 7.11. The summed E-state index contributed by atoms with van der Waals surface area (Å²) in [6.07, 6.45) is 7.01. The first kappa shape index (κ1) is 23.0. The fraction of sp³-hybridized carbons (Fsp3) is 0.320. The summed E-state index contributed by atoms with van der Waals surface area (Å²) in [5, 5.41) is 6.64. The number of piperidine rings is 1. The summed E-state index contributed by atoms with van der Waals surface area (Å²) in [5.41, 5.74) is 0.841. The minimum Gasteiger partial charge on any atom is -0.449 e. The molecule has 3 heterocycles. The van der Waals surface area contributed by atoms with Crippen molar-refractivity contribution in [2.24, 2.45) is 5.92 Å². The number of nitrogens with zero attached hydrogens (tertiary/aromatic N) is 2. The molecule has 8 heteroatoms. The number of benzene rings is 1. The molecule has 33 heavy (non-hydrogen) atoms. The Morgan fingerprint density at radius 2 is 1.91 bits per heavy atom. The van der Waals surface area contributed by atoms with Gasteiger partial charge in [0.2, 0.25) is 11.7 Å². The smallest absolute Gasteiger partial charge is 0.294 e. The van der Waals surface area contributed by atoms with Crippen LogP contribution in [0.25, 0.3) is 11.0 Å². The van der Waals surface area contributed by atoms with Crippen molar-refractivity contribution in [1.82, 2.24) is 9.88 Å². The molecule has 4 rings (SSSR count). The van der Waals surface area contributed by atoms with E-state index >= 15 is 0 Å². The third-order valence-corrected chi connectivity index (χ3v) is 6.07. The Balaban J connectivity index is 1.49. The second-order valence-electron chi connectivity index (χ2n) is 8.43. The molecule has 1 aliphatic heterocycles. The average Bonchev–Trinajstić information content (AvgIpc) is 3.18. The minimum atomic E-state index is -0.513. The van der Waals surface area contributed by atoms with Crippen molar-refractivity contribution in [3.8, 4) is 0 Å². The van der Waals surface area contributed by atoms with Gasteiger partial charge in [0, 0.05) is 17.6 Å². The number of anilines is 2. The van der Waals surface area contributed by atoms with Crippen molar-refractivity contribution in [2.45, 2.75) is 32.7 Å². The molecule has 2 N–H and O–H groups in total. The molecule has 3 aromatic rings. The predicted octanol–water partition coefficient (Wildman–Crippen LogP) is 5.35. The SMILES string of the molecule is CC(C)N1CCC(/C=C/C(=O)Nc2c(C(=O)Nc3ccc(Cl)cn3)oc3ccccc23)CC1. The third kappa shape index (κ3) is 5.61. The molecule has 1 aromatic carbocycles. The number of carbonyl (C=O) groups excluding carboxylic acids is 2. The summed E-state index contributed by atoms with van der Waals surface area (Å²) in [5.74, 6) is -0.104. The number of furan rings is 1. The van der Waals surface area contributed by atoms with Crippen LogP contribution in [-0.2, 0) is 4.79 Å². The minimum absolute atomic E-state index is 0.0138. The first-order valence-electron chi connectivity index (χ1n) is 11.1. The van der Waals surface area contributed by atoms with Gasteiger partial charge in [0.25, 0.3) is 5.91 Å². The summed E-state index contributed by atoms with van der Waals surface area (Å²) in [4.78, 5) is 32.2. The maximum absolute atomic E-state index is 12.9. The number of para-hydroxylation sites is 1. The van der Waals surface area contributed by atoms with Gasteiger partial charge in [-0.15, -0.1) is 0 Å². The molecule has 0 radical (unpaired) electrons. The number of nitrogens with one attached hydrogen (secondary N) is 2. The molecule has 0 aliphatic carbocycles. The van der Waals surface area contributed by atoms with Crippen LogP contribution in [0.2, 0.25) is 5.02 Å². The number of rotatable bonds is 6. The van der Waals surface area contributed by atoms with Gasteiger partial charge in [-0.3, -0.25) is 9.59 Å². The van der Waals surface area contributed by atoms with Crippen LogP contribution in [0.4, 0.5) is 11.5 Å². The van der Waals surface area contributed by atoms with Gasteiger partial charge in [-0.1, -0.05) is 29.8 Å². The molecule has 2 aromatic heterocycles. The van der Waals surface area contributed by atoms with Crippen LogP contribution in [0.15, 0.2) is 59.2 Å². The molecule has 0 unspecified atom stereocenters. The van der Waals surface area contributed by atoms with Crippen molar-refractivity contribution < 1.29 is 14.0 Å². The first-order chi connectivity index (χ1) is 15.9. The van der Waals surface area contributed by atoms with Crippen LogP contribution in [0, 0.1) is 5.92 Å². The summed E-state index contributed by atoms with van der Waals surface area (Å²) in [6, 6.07) is 11.0. The number of likely N-dealkylation sites (tertiary alicyclic amines) is 1. The number of halogens is 1. The van der Waals surface area contributed by atoms with Crippen molar-refractivity contribution in [1.29, 1.82) is 0 Å². The van der Waals surface area contributed by atoms with Crippen molar-refractivity contribution in [3.63, 3.8) is 0 Å². The molecule has 0 atom stereocenters. The normalized spacial score (nSPS) is 15.4. The van der Waals surface area contributed by atoms with Gasteiger partial charge in [0.15, 0.2) is 0 Å². The second kappa shape index (κ2) is 10.2. The molecule has 172 valence electrons. The van der Waals surface area contributed by atoms with Gasteiger partial charge >= 0.3 is 0 Å². The lowest BCUT2D eigenvalue weighted by molar-refractivity contribution is -0.111. The monoisotopic (exact) mass is 466 g/mol. The molecular weight excluding hydrogens is 440 g/mol. The summed E-state index contributed by atoms with van der Waals surface area (Å²) >= 11 is 5.86. The van der Waals surface area contributed by atoms with Gasteiger partial charge in [0.05, 0.1) is 5.02 Å². The van der Waals surface area contributed by atoms with Gasteiger partial charge in [0.1, 0.15) is 17.1 Å². The van der Waals surface area contributed by atoms with Gasteiger partial charge in [-0.2, -0.15) is 0 Å². The molecule has 1 saturated heterocycles. The predicted molar refractivity (Wildman–Crippen MR) is 131 cm³/mol. The van der Waals surface area contributed by atoms with E-state index in [2.05, 4.69) is 34.4 Å². The molecule has 0 spiro atoms. The van der Waals surface area contributed by atoms with E-state index in [0.717, 1.165) is 25.9 Å². The molecule has 0 bridgehead atoms. The maximum Gasteiger partial charge on any atom is 0.294 e. The maximum atomic E-state index is 12.9. The first-order valence-corrected chi connectivity index (χ1v) is 11.5. The number of fused-ring (bicyclic) bond motifs is 1. The summed E-state index contributed by atoms with van der Waals surface area (Å²) in [6.45, 7) is 6.47. The Bertz CT molecular complexity index is 1160. The number of carbonyl (C=O) groups is 2. The van der Waals surface area contributed by atoms with E-state index in [9.17, 15) is 9.59 Å². The van der Waals surface area contributed by atoms with E-state index in [1.807, 2.05) is 18.2 Å². The van der Waals surface area contributed by atoms with Crippen LogP contribution < -0.4 is 10.6 Å². The van der Waals surface area contributed by atoms with E-state index in [1.54, 1.807) is 30.3 Å². The van der Waals surface area contributed by atoms with Gasteiger partial charge in [-0.05, 0) is 76.0 Å². The number of hydrogen-bond acceptors (Lipinski definition) is 5. The molecule has 1 fully saturated rings. The lowest BCUT2D eigenvalue weighted by atomic mass is 9.95. The highest BCUT2D eigenvalue weighted by atomic mass is 35.5. The van der Waals surface area contributed by atoms with E-state index in [0.29, 0.717) is 39.5 Å². The zero-order valence-corrected chi connectivity index (χ0v) is 19.4. The van der Waals surface area contributed by atoms with E-state index in [4.69, 9.17) is 16.0 Å². The number of aromatic nitrogens is 1. The van der Waals surface area contributed by atoms with Crippen LogP contribution in [0.1, 0.15) is 37.2 Å². The molecule has 1 aliphatic rings. The number of amides is 2. The molecule has 0 saturated carbocycles. The quantitative estimate of drug-likeness (QED) is 0.478. The average molecular weight is 467 g/mol. The Labute approximate surface area is 197 Å². The highest BCUT2D eigenvalue weighted by molar-refractivity contribution is 6.30. The number of allylic oxidation sites excluding steroid dienone is 1. The molecular formula is C25H27ClN4O3. The molecule has 7 nitrogen and oxygen atoms in total. The van der Waals surface area contributed by atoms with Gasteiger partial charge in [-0.25, -0.2) is 4.98 Å². The Morgan fingerprint density at radius 3 is 2.61 bits per heavy atom. The zero-order chi connectivity index (χ0) is 23.4. The highest BCUT2D eigenvalue weighted by Crippen LogP contribution is 2.31. The summed E-state index contributed by atoms with van der Waals surface area (Å²) < 4.78 is 5.78. The van der Waals surface area contributed by atoms with Crippen molar-refractivity contribution >= 4 is 45.9 Å².